The van der Waals surface area contributed by atoms with E-state index in [1.54, 1.807) is 29.2 Å². The van der Waals surface area contributed by atoms with Crippen LogP contribution < -0.4 is 0 Å². The molecule has 1 aromatic heterocycles. The number of cyclic esters (lactones) is 2. The van der Waals surface area contributed by atoms with Crippen LogP contribution in [0.5, 0.6) is 0 Å². The van der Waals surface area contributed by atoms with E-state index < -0.39 is 17.9 Å². The van der Waals surface area contributed by atoms with E-state index in [1.165, 1.54) is 6.33 Å². The molecule has 2 unspecified atom stereocenters. The van der Waals surface area contributed by atoms with Crippen molar-refractivity contribution < 1.29 is 14.3 Å². The van der Waals surface area contributed by atoms with E-state index in [4.69, 9.17) is 32.7 Å². The molecule has 0 spiro atoms. The second kappa shape index (κ2) is 6.37. The number of aromatic nitrogens is 3. The highest BCUT2D eigenvalue weighted by molar-refractivity contribution is 6.35. The molecule has 0 amide bonds. The lowest BCUT2D eigenvalue weighted by molar-refractivity contribution is 0.00136. The molecule has 3 rings (SSSR count). The largest absolute Gasteiger partial charge is 0.509 e. The normalized spacial score (nSPS) is 23.6. The second-order valence-electron chi connectivity index (χ2n) is 5.35. The molecule has 0 saturated carbocycles. The maximum atomic E-state index is 11.9. The lowest BCUT2D eigenvalue weighted by Gasteiger charge is -2.31. The number of hydrogen-bond donors (Lipinski definition) is 0. The molecule has 2 aromatic rings. The SMILES string of the molecule is CCCC1OC(=O)OC1(Cn1cncn1)c1ccc(Cl)cc1Cl. The highest BCUT2D eigenvalue weighted by atomic mass is 35.5. The van der Waals surface area contributed by atoms with Crippen molar-refractivity contribution in [3.05, 3.63) is 46.5 Å². The van der Waals surface area contributed by atoms with Gasteiger partial charge in [-0.25, -0.2) is 14.5 Å². The number of benzene rings is 1. The van der Waals surface area contributed by atoms with Crippen LogP contribution in [0.15, 0.2) is 30.9 Å². The quantitative estimate of drug-likeness (QED) is 0.762. The molecule has 6 nitrogen and oxygen atoms in total. The first-order chi connectivity index (χ1) is 11.0. The van der Waals surface area contributed by atoms with Crippen molar-refractivity contribution >= 4 is 29.4 Å². The van der Waals surface area contributed by atoms with Crippen LogP contribution in [0, 0.1) is 0 Å². The molecule has 1 fully saturated rings. The van der Waals surface area contributed by atoms with Gasteiger partial charge in [-0.15, -0.1) is 0 Å². The van der Waals surface area contributed by atoms with Gasteiger partial charge in [-0.3, -0.25) is 0 Å². The molecule has 23 heavy (non-hydrogen) atoms. The van der Waals surface area contributed by atoms with Gasteiger partial charge >= 0.3 is 6.16 Å². The van der Waals surface area contributed by atoms with Crippen LogP contribution in [0.25, 0.3) is 0 Å². The van der Waals surface area contributed by atoms with Gasteiger partial charge in [0.15, 0.2) is 11.7 Å². The molecule has 1 saturated heterocycles. The highest BCUT2D eigenvalue weighted by Gasteiger charge is 2.53. The minimum absolute atomic E-state index is 0.255. The van der Waals surface area contributed by atoms with Crippen LogP contribution in [-0.2, 0) is 21.6 Å². The molecular weight excluding hydrogens is 341 g/mol. The van der Waals surface area contributed by atoms with Gasteiger partial charge in [0, 0.05) is 15.6 Å². The van der Waals surface area contributed by atoms with E-state index in [0.717, 1.165) is 6.42 Å². The van der Waals surface area contributed by atoms with Gasteiger partial charge in [-0.1, -0.05) is 42.6 Å². The molecule has 122 valence electrons. The molecule has 2 atom stereocenters. The lowest BCUT2D eigenvalue weighted by Crippen LogP contribution is -2.41. The molecule has 1 aliphatic rings. The number of carbonyl (C=O) groups excluding carboxylic acids is 1. The molecular formula is C15H15Cl2N3O3. The third kappa shape index (κ3) is 3.01. The van der Waals surface area contributed by atoms with Gasteiger partial charge in [0.05, 0.1) is 6.54 Å². The predicted molar refractivity (Wildman–Crippen MR) is 84.4 cm³/mol. The first-order valence-corrected chi connectivity index (χ1v) is 7.98. The molecule has 0 N–H and O–H groups in total. The Morgan fingerprint density at radius 1 is 1.39 bits per heavy atom. The number of nitrogens with zero attached hydrogens (tertiary/aromatic N) is 3. The average molecular weight is 356 g/mol. The van der Waals surface area contributed by atoms with Gasteiger partial charge in [0.2, 0.25) is 0 Å². The van der Waals surface area contributed by atoms with Crippen LogP contribution in [0.4, 0.5) is 4.79 Å². The molecule has 0 radical (unpaired) electrons. The topological polar surface area (TPSA) is 66.2 Å². The summed E-state index contributed by atoms with van der Waals surface area (Å²) in [6.45, 7) is 2.26. The standard InChI is InChI=1S/C15H15Cl2N3O3/c1-2-3-13-15(23-14(21)22-13,7-20-9-18-8-19-20)11-5-4-10(16)6-12(11)17/h4-6,8-9,13H,2-3,7H2,1H3. The van der Waals surface area contributed by atoms with Crippen molar-refractivity contribution in [2.45, 2.75) is 38.0 Å². The van der Waals surface area contributed by atoms with Crippen molar-refractivity contribution in [3.8, 4) is 0 Å². The molecule has 1 aromatic carbocycles. The first kappa shape index (κ1) is 16.1. The fourth-order valence-corrected chi connectivity index (χ4v) is 3.41. The summed E-state index contributed by atoms with van der Waals surface area (Å²) in [5.41, 5.74) is -0.425. The third-order valence-corrected chi connectivity index (χ3v) is 4.37. The predicted octanol–water partition coefficient (Wildman–Crippen LogP) is 3.82. The van der Waals surface area contributed by atoms with Crippen LogP contribution >= 0.6 is 23.2 Å². The summed E-state index contributed by atoms with van der Waals surface area (Å²) in [7, 11) is 0. The van der Waals surface area contributed by atoms with Gasteiger partial charge in [-0.2, -0.15) is 5.10 Å². The Morgan fingerprint density at radius 3 is 2.87 bits per heavy atom. The average Bonchev–Trinajstić information content (AvgIpc) is 3.08. The molecule has 0 bridgehead atoms. The minimum atomic E-state index is -1.07. The van der Waals surface area contributed by atoms with Crippen LogP contribution in [0.1, 0.15) is 25.3 Å². The molecule has 2 heterocycles. The fourth-order valence-electron chi connectivity index (χ4n) is 2.84. The summed E-state index contributed by atoms with van der Waals surface area (Å²) >= 11 is 12.4. The van der Waals surface area contributed by atoms with E-state index >= 15 is 0 Å². The Hall–Kier alpha value is -1.79. The molecule has 1 aliphatic heterocycles. The molecule has 0 aliphatic carbocycles. The van der Waals surface area contributed by atoms with Crippen LogP contribution in [0.3, 0.4) is 0 Å². The van der Waals surface area contributed by atoms with Gasteiger partial charge in [0.1, 0.15) is 12.7 Å². The Morgan fingerprint density at radius 2 is 2.22 bits per heavy atom. The third-order valence-electron chi connectivity index (χ3n) is 3.83. The Bertz CT molecular complexity index is 708. The zero-order chi connectivity index (χ0) is 16.4. The van der Waals surface area contributed by atoms with E-state index in [2.05, 4.69) is 10.1 Å². The summed E-state index contributed by atoms with van der Waals surface area (Å²) < 4.78 is 12.6. The number of rotatable bonds is 5. The molecule has 8 heteroatoms. The van der Waals surface area contributed by atoms with Crippen LogP contribution in [-0.4, -0.2) is 27.0 Å². The Balaban J connectivity index is 2.10. The minimum Gasteiger partial charge on any atom is -0.426 e. The zero-order valence-corrected chi connectivity index (χ0v) is 13.9. The van der Waals surface area contributed by atoms with Crippen molar-refractivity contribution in [2.24, 2.45) is 0 Å². The zero-order valence-electron chi connectivity index (χ0n) is 12.4. The summed E-state index contributed by atoms with van der Waals surface area (Å²) in [5, 5.41) is 5.03. The first-order valence-electron chi connectivity index (χ1n) is 7.22. The number of halogens is 2. The van der Waals surface area contributed by atoms with E-state index in [1.807, 2.05) is 6.92 Å². The smallest absolute Gasteiger partial charge is 0.426 e. The summed E-state index contributed by atoms with van der Waals surface area (Å²) in [4.78, 5) is 15.8. The van der Waals surface area contributed by atoms with Crippen LogP contribution in [0.2, 0.25) is 10.0 Å². The Kier molecular flexibility index (Phi) is 4.46. The fraction of sp³-hybridized carbons (Fsp3) is 0.400. The summed E-state index contributed by atoms with van der Waals surface area (Å²) in [5.74, 6) is 0. The maximum absolute atomic E-state index is 11.9. The van der Waals surface area contributed by atoms with E-state index in [-0.39, 0.29) is 6.54 Å². The number of hydrogen-bond acceptors (Lipinski definition) is 5. The second-order valence-corrected chi connectivity index (χ2v) is 6.20. The van der Waals surface area contributed by atoms with Gasteiger partial charge in [0.25, 0.3) is 0 Å². The summed E-state index contributed by atoms with van der Waals surface area (Å²) in [6.07, 6.45) is 3.26. The maximum Gasteiger partial charge on any atom is 0.509 e. The summed E-state index contributed by atoms with van der Waals surface area (Å²) in [6, 6.07) is 5.09. The Labute approximate surface area is 143 Å². The van der Waals surface area contributed by atoms with Crippen molar-refractivity contribution in [2.75, 3.05) is 0 Å². The number of ether oxygens (including phenoxy) is 2. The van der Waals surface area contributed by atoms with Crippen molar-refractivity contribution in [1.82, 2.24) is 14.8 Å². The highest BCUT2D eigenvalue weighted by Crippen LogP contribution is 2.44. The number of carbonyl (C=O) groups is 1. The monoisotopic (exact) mass is 355 g/mol. The lowest BCUT2D eigenvalue weighted by atomic mass is 9.85. The van der Waals surface area contributed by atoms with Gasteiger partial charge in [-0.05, 0) is 18.6 Å². The van der Waals surface area contributed by atoms with Crippen molar-refractivity contribution in [3.63, 3.8) is 0 Å². The van der Waals surface area contributed by atoms with E-state index in [0.29, 0.717) is 22.0 Å². The van der Waals surface area contributed by atoms with Gasteiger partial charge < -0.3 is 9.47 Å². The van der Waals surface area contributed by atoms with Crippen molar-refractivity contribution in [1.29, 1.82) is 0 Å². The van der Waals surface area contributed by atoms with E-state index in [9.17, 15) is 4.79 Å².